The lowest BCUT2D eigenvalue weighted by atomic mass is 10.1. The molecule has 0 aliphatic heterocycles. The third-order valence-corrected chi connectivity index (χ3v) is 3.02. The van der Waals surface area contributed by atoms with Crippen molar-refractivity contribution in [3.8, 4) is 11.5 Å². The van der Waals surface area contributed by atoms with E-state index in [-0.39, 0.29) is 17.5 Å². The van der Waals surface area contributed by atoms with Gasteiger partial charge in [-0.3, -0.25) is 0 Å². The number of rotatable bonds is 6. The molecule has 0 aromatic heterocycles. The van der Waals surface area contributed by atoms with Crippen molar-refractivity contribution in [3.63, 3.8) is 0 Å². The molecule has 124 valence electrons. The monoisotopic (exact) mass is 310 g/mol. The van der Waals surface area contributed by atoms with Crippen molar-refractivity contribution >= 4 is 6.09 Å². The minimum absolute atomic E-state index is 0.0865. The first-order valence-electron chi connectivity index (χ1n) is 7.42. The molecule has 1 rings (SSSR count). The summed E-state index contributed by atoms with van der Waals surface area (Å²) in [5.74, 6) is -0.276. The molecule has 6 heteroatoms. The number of phenols is 2. The molecule has 0 radical (unpaired) electrons. The van der Waals surface area contributed by atoms with Crippen LogP contribution in [0.1, 0.15) is 39.7 Å². The molecule has 0 saturated heterocycles. The van der Waals surface area contributed by atoms with Crippen LogP contribution in [-0.4, -0.2) is 34.5 Å². The second-order valence-corrected chi connectivity index (χ2v) is 6.19. The molecule has 0 aliphatic rings. The summed E-state index contributed by atoms with van der Waals surface area (Å²) in [7, 11) is 0. The number of amides is 1. The van der Waals surface area contributed by atoms with Crippen molar-refractivity contribution in [2.45, 2.75) is 52.3 Å². The smallest absolute Gasteiger partial charge is 0.407 e. The van der Waals surface area contributed by atoms with E-state index >= 15 is 0 Å². The van der Waals surface area contributed by atoms with E-state index in [9.17, 15) is 15.0 Å². The zero-order valence-electron chi connectivity index (χ0n) is 13.6. The van der Waals surface area contributed by atoms with Crippen LogP contribution in [-0.2, 0) is 11.3 Å². The van der Waals surface area contributed by atoms with E-state index in [1.807, 2.05) is 27.7 Å². The van der Waals surface area contributed by atoms with Crippen molar-refractivity contribution in [2.24, 2.45) is 0 Å². The molecule has 1 aromatic rings. The number of aromatic hydroxyl groups is 2. The molecule has 1 aromatic carbocycles. The minimum Gasteiger partial charge on any atom is -0.504 e. The van der Waals surface area contributed by atoms with E-state index in [2.05, 4.69) is 10.6 Å². The van der Waals surface area contributed by atoms with Gasteiger partial charge in [0.15, 0.2) is 11.5 Å². The molecule has 0 bridgehead atoms. The molecule has 0 saturated carbocycles. The largest absolute Gasteiger partial charge is 0.504 e. The van der Waals surface area contributed by atoms with Gasteiger partial charge in [0.1, 0.15) is 5.60 Å². The van der Waals surface area contributed by atoms with Crippen LogP contribution in [0, 0.1) is 0 Å². The topological polar surface area (TPSA) is 90.8 Å². The molecule has 1 atom stereocenters. The summed E-state index contributed by atoms with van der Waals surface area (Å²) >= 11 is 0. The molecule has 0 heterocycles. The van der Waals surface area contributed by atoms with Gasteiger partial charge in [-0.05, 0) is 44.9 Å². The second kappa shape index (κ2) is 7.89. The Labute approximate surface area is 131 Å². The van der Waals surface area contributed by atoms with E-state index < -0.39 is 11.7 Å². The van der Waals surface area contributed by atoms with Crippen LogP contribution in [0.15, 0.2) is 18.2 Å². The molecular weight excluding hydrogens is 284 g/mol. The molecular formula is C16H26N2O4. The molecule has 4 N–H and O–H groups in total. The first-order valence-corrected chi connectivity index (χ1v) is 7.42. The highest BCUT2D eigenvalue weighted by Crippen LogP contribution is 2.24. The lowest BCUT2D eigenvalue weighted by molar-refractivity contribution is 0.0522. The summed E-state index contributed by atoms with van der Waals surface area (Å²) in [4.78, 5) is 11.6. The summed E-state index contributed by atoms with van der Waals surface area (Å²) in [6.07, 6.45) is 0.398. The van der Waals surface area contributed by atoms with E-state index in [0.717, 1.165) is 12.0 Å². The average molecular weight is 310 g/mol. The van der Waals surface area contributed by atoms with Gasteiger partial charge in [-0.25, -0.2) is 4.79 Å². The van der Waals surface area contributed by atoms with Gasteiger partial charge in [-0.2, -0.15) is 0 Å². The van der Waals surface area contributed by atoms with Gasteiger partial charge in [-0.1, -0.05) is 13.0 Å². The minimum atomic E-state index is -0.511. The average Bonchev–Trinajstić information content (AvgIpc) is 2.41. The first kappa shape index (κ1) is 18.1. The van der Waals surface area contributed by atoms with E-state index in [0.29, 0.717) is 13.1 Å². The predicted octanol–water partition coefficient (Wildman–Crippen LogP) is 2.49. The van der Waals surface area contributed by atoms with Gasteiger partial charge < -0.3 is 25.6 Å². The van der Waals surface area contributed by atoms with Gasteiger partial charge in [0.2, 0.25) is 0 Å². The second-order valence-electron chi connectivity index (χ2n) is 6.19. The van der Waals surface area contributed by atoms with Crippen molar-refractivity contribution in [3.05, 3.63) is 23.8 Å². The van der Waals surface area contributed by atoms with E-state index in [4.69, 9.17) is 4.74 Å². The Bertz CT molecular complexity index is 497. The third-order valence-electron chi connectivity index (χ3n) is 3.02. The summed E-state index contributed by atoms with van der Waals surface area (Å²) in [6, 6.07) is 4.78. The molecule has 0 spiro atoms. The number of nitrogens with one attached hydrogen (secondary N) is 2. The van der Waals surface area contributed by atoms with Crippen LogP contribution in [0.2, 0.25) is 0 Å². The Kier molecular flexibility index (Phi) is 6.49. The summed E-state index contributed by atoms with van der Waals surface area (Å²) in [6.45, 7) is 8.46. The van der Waals surface area contributed by atoms with Crippen molar-refractivity contribution in [1.29, 1.82) is 0 Å². The van der Waals surface area contributed by atoms with Gasteiger partial charge in [0.25, 0.3) is 0 Å². The van der Waals surface area contributed by atoms with Crippen LogP contribution in [0.5, 0.6) is 11.5 Å². The van der Waals surface area contributed by atoms with Gasteiger partial charge in [0.05, 0.1) is 0 Å². The van der Waals surface area contributed by atoms with Gasteiger partial charge in [-0.15, -0.1) is 0 Å². The first-order chi connectivity index (χ1) is 10.2. The SMILES string of the molecule is CCC(CNC(=O)OC(C)(C)C)NCc1ccc(O)c(O)c1. The Hall–Kier alpha value is -1.95. The molecule has 22 heavy (non-hydrogen) atoms. The van der Waals surface area contributed by atoms with Gasteiger partial charge >= 0.3 is 6.09 Å². The Morgan fingerprint density at radius 3 is 2.50 bits per heavy atom. The number of benzene rings is 1. The summed E-state index contributed by atoms with van der Waals surface area (Å²) in [5, 5.41) is 24.8. The fourth-order valence-corrected chi connectivity index (χ4v) is 1.82. The normalized spacial score (nSPS) is 12.7. The lowest BCUT2D eigenvalue weighted by Gasteiger charge is -2.22. The Morgan fingerprint density at radius 1 is 1.27 bits per heavy atom. The zero-order chi connectivity index (χ0) is 16.8. The summed E-state index contributed by atoms with van der Waals surface area (Å²) in [5.41, 5.74) is 0.342. The third kappa shape index (κ3) is 6.67. The van der Waals surface area contributed by atoms with E-state index in [1.165, 1.54) is 12.1 Å². The molecule has 1 unspecified atom stereocenters. The zero-order valence-corrected chi connectivity index (χ0v) is 13.6. The van der Waals surface area contributed by atoms with Crippen LogP contribution in [0.3, 0.4) is 0 Å². The number of hydrogen-bond donors (Lipinski definition) is 4. The Morgan fingerprint density at radius 2 is 1.95 bits per heavy atom. The molecule has 6 nitrogen and oxygen atoms in total. The number of alkyl carbamates (subject to hydrolysis) is 1. The number of ether oxygens (including phenoxy) is 1. The van der Waals surface area contributed by atoms with Crippen LogP contribution in [0.25, 0.3) is 0 Å². The highest BCUT2D eigenvalue weighted by molar-refractivity contribution is 5.67. The highest BCUT2D eigenvalue weighted by atomic mass is 16.6. The van der Waals surface area contributed by atoms with E-state index in [1.54, 1.807) is 6.07 Å². The fourth-order valence-electron chi connectivity index (χ4n) is 1.82. The van der Waals surface area contributed by atoms with Crippen molar-refractivity contribution in [2.75, 3.05) is 6.54 Å². The van der Waals surface area contributed by atoms with Crippen LogP contribution in [0.4, 0.5) is 4.79 Å². The molecule has 1 amide bonds. The number of phenolic OH excluding ortho intramolecular Hbond substituents is 2. The van der Waals surface area contributed by atoms with Crippen LogP contribution < -0.4 is 10.6 Å². The predicted molar refractivity (Wildman–Crippen MR) is 84.9 cm³/mol. The van der Waals surface area contributed by atoms with Crippen molar-refractivity contribution in [1.82, 2.24) is 10.6 Å². The molecule has 0 aliphatic carbocycles. The number of carbonyl (C=O) groups is 1. The lowest BCUT2D eigenvalue weighted by Crippen LogP contribution is -2.42. The number of carbonyl (C=O) groups excluding carboxylic acids is 1. The van der Waals surface area contributed by atoms with Crippen LogP contribution >= 0.6 is 0 Å². The number of hydrogen-bond acceptors (Lipinski definition) is 5. The fraction of sp³-hybridized carbons (Fsp3) is 0.562. The quantitative estimate of drug-likeness (QED) is 0.606. The van der Waals surface area contributed by atoms with Gasteiger partial charge in [0, 0.05) is 19.1 Å². The summed E-state index contributed by atoms with van der Waals surface area (Å²) < 4.78 is 5.19. The Balaban J connectivity index is 2.42. The standard InChI is InChI=1S/C16H26N2O4/c1-5-12(10-18-15(21)22-16(2,3)4)17-9-11-6-7-13(19)14(20)8-11/h6-8,12,17,19-20H,5,9-10H2,1-4H3,(H,18,21). The molecule has 0 fully saturated rings. The maximum absolute atomic E-state index is 11.6. The maximum Gasteiger partial charge on any atom is 0.407 e. The maximum atomic E-state index is 11.6. The van der Waals surface area contributed by atoms with Crippen molar-refractivity contribution < 1.29 is 19.7 Å². The highest BCUT2D eigenvalue weighted by Gasteiger charge is 2.17.